The number of para-hydroxylation sites is 3. The van der Waals surface area contributed by atoms with Crippen molar-refractivity contribution in [2.75, 3.05) is 0 Å². The van der Waals surface area contributed by atoms with Gasteiger partial charge in [0.05, 0.1) is 11.0 Å². The van der Waals surface area contributed by atoms with Gasteiger partial charge in [-0.2, -0.15) is 0 Å². The van der Waals surface area contributed by atoms with Gasteiger partial charge in [-0.25, -0.2) is 4.98 Å². The standard InChI is InChI=1S/C40H28N2/c1-40(2)34-17-9-8-15-29(34)32-23-22-31-28-21-20-25(24-33(28)27-14-6-7-16-30(27)37(31)38(32)40)39-41-35-18-10-11-19-36(35)42(39)26-12-4-3-5-13-26/h3-24H,1-2H3. The Morgan fingerprint density at radius 2 is 1.21 bits per heavy atom. The lowest BCUT2D eigenvalue weighted by atomic mass is 9.78. The van der Waals surface area contributed by atoms with Crippen LogP contribution in [0, 0.1) is 0 Å². The van der Waals surface area contributed by atoms with Crippen LogP contribution in [0.25, 0.3) is 71.6 Å². The van der Waals surface area contributed by atoms with Gasteiger partial charge in [0.25, 0.3) is 0 Å². The highest BCUT2D eigenvalue weighted by molar-refractivity contribution is 6.27. The Morgan fingerprint density at radius 1 is 0.548 bits per heavy atom. The summed E-state index contributed by atoms with van der Waals surface area (Å²) >= 11 is 0. The molecule has 198 valence electrons. The number of fused-ring (bicyclic) bond motifs is 11. The van der Waals surface area contributed by atoms with Gasteiger partial charge in [-0.1, -0.05) is 117 Å². The number of nitrogens with zero attached hydrogens (tertiary/aromatic N) is 2. The summed E-state index contributed by atoms with van der Waals surface area (Å²) in [6.45, 7) is 4.76. The lowest BCUT2D eigenvalue weighted by Crippen LogP contribution is -2.15. The van der Waals surface area contributed by atoms with Gasteiger partial charge >= 0.3 is 0 Å². The summed E-state index contributed by atoms with van der Waals surface area (Å²) < 4.78 is 2.28. The highest BCUT2D eigenvalue weighted by Crippen LogP contribution is 2.53. The van der Waals surface area contributed by atoms with Crippen LogP contribution in [-0.2, 0) is 5.41 Å². The molecule has 7 aromatic carbocycles. The molecule has 0 unspecified atom stereocenters. The quantitative estimate of drug-likeness (QED) is 0.201. The number of hydrogen-bond donors (Lipinski definition) is 0. The molecule has 1 aromatic heterocycles. The van der Waals surface area contributed by atoms with Crippen LogP contribution in [0.2, 0.25) is 0 Å². The van der Waals surface area contributed by atoms with E-state index in [9.17, 15) is 0 Å². The SMILES string of the molecule is CC1(C)c2ccccc2-c2ccc3c4ccc(-c5nc6ccccc6n5-c5ccccc5)cc4c4ccccc4c3c21. The summed E-state index contributed by atoms with van der Waals surface area (Å²) in [6.07, 6.45) is 0. The molecular weight excluding hydrogens is 508 g/mol. The molecule has 0 fully saturated rings. The van der Waals surface area contributed by atoms with Crippen molar-refractivity contribution >= 4 is 43.4 Å². The van der Waals surface area contributed by atoms with Crippen LogP contribution >= 0.6 is 0 Å². The normalized spacial score (nSPS) is 13.7. The fourth-order valence-electron chi connectivity index (χ4n) is 7.51. The van der Waals surface area contributed by atoms with E-state index in [1.54, 1.807) is 0 Å². The molecule has 2 heteroatoms. The Kier molecular flexibility index (Phi) is 4.70. The molecule has 0 amide bonds. The molecule has 42 heavy (non-hydrogen) atoms. The van der Waals surface area contributed by atoms with Crippen molar-refractivity contribution in [3.8, 4) is 28.2 Å². The van der Waals surface area contributed by atoms with Crippen LogP contribution in [0.4, 0.5) is 0 Å². The topological polar surface area (TPSA) is 17.8 Å². The van der Waals surface area contributed by atoms with Gasteiger partial charge in [0, 0.05) is 16.7 Å². The van der Waals surface area contributed by atoms with Crippen LogP contribution in [-0.4, -0.2) is 9.55 Å². The van der Waals surface area contributed by atoms with Crippen LogP contribution in [0.15, 0.2) is 133 Å². The molecular formula is C40H28N2. The van der Waals surface area contributed by atoms with E-state index in [1.807, 2.05) is 0 Å². The van der Waals surface area contributed by atoms with Gasteiger partial charge in [-0.3, -0.25) is 4.57 Å². The predicted molar refractivity (Wildman–Crippen MR) is 177 cm³/mol. The van der Waals surface area contributed by atoms with E-state index >= 15 is 0 Å². The molecule has 1 aliphatic rings. The Morgan fingerprint density at radius 3 is 2.10 bits per heavy atom. The Balaban J connectivity index is 1.37. The number of rotatable bonds is 2. The summed E-state index contributed by atoms with van der Waals surface area (Å²) in [6, 6.07) is 48.4. The summed E-state index contributed by atoms with van der Waals surface area (Å²) in [4.78, 5) is 5.16. The van der Waals surface area contributed by atoms with E-state index in [4.69, 9.17) is 4.98 Å². The monoisotopic (exact) mass is 536 g/mol. The number of hydrogen-bond acceptors (Lipinski definition) is 1. The summed E-state index contributed by atoms with van der Waals surface area (Å²) in [5.41, 5.74) is 9.82. The highest BCUT2D eigenvalue weighted by Gasteiger charge is 2.37. The minimum atomic E-state index is -0.0810. The average Bonchev–Trinajstić information content (AvgIpc) is 3.54. The van der Waals surface area contributed by atoms with Gasteiger partial charge < -0.3 is 0 Å². The van der Waals surface area contributed by atoms with Crippen LogP contribution in [0.3, 0.4) is 0 Å². The third-order valence-corrected chi connectivity index (χ3v) is 9.35. The van der Waals surface area contributed by atoms with Crippen LogP contribution < -0.4 is 0 Å². The first-order chi connectivity index (χ1) is 20.6. The molecule has 0 N–H and O–H groups in total. The number of benzene rings is 7. The van der Waals surface area contributed by atoms with Crippen molar-refractivity contribution in [2.45, 2.75) is 19.3 Å². The lowest BCUT2D eigenvalue weighted by molar-refractivity contribution is 0.666. The molecule has 0 radical (unpaired) electrons. The second kappa shape index (κ2) is 8.41. The smallest absolute Gasteiger partial charge is 0.145 e. The Hall–Kier alpha value is -5.21. The molecule has 0 spiro atoms. The zero-order valence-corrected chi connectivity index (χ0v) is 23.6. The van der Waals surface area contributed by atoms with Crippen molar-refractivity contribution in [3.05, 3.63) is 145 Å². The fraction of sp³-hybridized carbons (Fsp3) is 0.0750. The molecule has 1 aliphatic carbocycles. The van der Waals surface area contributed by atoms with E-state index in [0.29, 0.717) is 0 Å². The molecule has 0 bridgehead atoms. The number of aromatic nitrogens is 2. The molecule has 0 saturated carbocycles. The van der Waals surface area contributed by atoms with E-state index in [1.165, 1.54) is 54.6 Å². The van der Waals surface area contributed by atoms with Crippen molar-refractivity contribution < 1.29 is 0 Å². The minimum Gasteiger partial charge on any atom is -0.292 e. The first-order valence-corrected chi connectivity index (χ1v) is 14.7. The Labute approximate surface area is 244 Å². The summed E-state index contributed by atoms with van der Waals surface area (Å²) in [7, 11) is 0. The second-order valence-corrected chi connectivity index (χ2v) is 12.0. The lowest BCUT2D eigenvalue weighted by Gasteiger charge is -2.24. The van der Waals surface area contributed by atoms with Crippen molar-refractivity contribution in [1.82, 2.24) is 9.55 Å². The summed E-state index contributed by atoms with van der Waals surface area (Å²) in [5, 5.41) is 7.82. The molecule has 9 rings (SSSR count). The Bertz CT molecular complexity index is 2350. The van der Waals surface area contributed by atoms with E-state index in [0.717, 1.165) is 28.1 Å². The van der Waals surface area contributed by atoms with Crippen LogP contribution in [0.5, 0.6) is 0 Å². The fourth-order valence-corrected chi connectivity index (χ4v) is 7.51. The van der Waals surface area contributed by atoms with Gasteiger partial charge in [0.1, 0.15) is 5.82 Å². The van der Waals surface area contributed by atoms with Gasteiger partial charge in [0.15, 0.2) is 0 Å². The van der Waals surface area contributed by atoms with Crippen molar-refractivity contribution in [2.24, 2.45) is 0 Å². The summed E-state index contributed by atoms with van der Waals surface area (Å²) in [5.74, 6) is 0.957. The maximum Gasteiger partial charge on any atom is 0.145 e. The predicted octanol–water partition coefficient (Wildman–Crippen LogP) is 10.5. The first kappa shape index (κ1) is 23.5. The van der Waals surface area contributed by atoms with E-state index in [-0.39, 0.29) is 5.41 Å². The zero-order valence-electron chi connectivity index (χ0n) is 23.6. The minimum absolute atomic E-state index is 0.0810. The largest absolute Gasteiger partial charge is 0.292 e. The van der Waals surface area contributed by atoms with Crippen molar-refractivity contribution in [1.29, 1.82) is 0 Å². The molecule has 0 saturated heterocycles. The van der Waals surface area contributed by atoms with Crippen molar-refractivity contribution in [3.63, 3.8) is 0 Å². The second-order valence-electron chi connectivity index (χ2n) is 12.0. The van der Waals surface area contributed by atoms with Gasteiger partial charge in [-0.15, -0.1) is 0 Å². The zero-order chi connectivity index (χ0) is 28.0. The molecule has 0 aliphatic heterocycles. The third kappa shape index (κ3) is 3.07. The third-order valence-electron chi connectivity index (χ3n) is 9.35. The number of imidazole rings is 1. The molecule has 8 aromatic rings. The maximum absolute atomic E-state index is 5.16. The van der Waals surface area contributed by atoms with Gasteiger partial charge in [-0.05, 0) is 84.9 Å². The van der Waals surface area contributed by atoms with Gasteiger partial charge in [0.2, 0.25) is 0 Å². The van der Waals surface area contributed by atoms with E-state index < -0.39 is 0 Å². The average molecular weight is 537 g/mol. The highest BCUT2D eigenvalue weighted by atomic mass is 15.1. The molecule has 1 heterocycles. The molecule has 0 atom stereocenters. The first-order valence-electron chi connectivity index (χ1n) is 14.7. The molecule has 2 nitrogen and oxygen atoms in total. The van der Waals surface area contributed by atoms with E-state index in [2.05, 4.69) is 152 Å². The van der Waals surface area contributed by atoms with Crippen LogP contribution in [0.1, 0.15) is 25.0 Å². The maximum atomic E-state index is 5.16.